The standard InChI is InChI=1S/C26H39N3O5.ClH/c1-5-32-27(16-11-17-28-25(30)21-12-7-8-13-22(21)26(28)31)18-19-29(33-6-2)23-14-9-10-15-24(23)34-20(3)4;/h7-10,14-15,20-22H,5-6,11-13,16-19H2,1-4H3;1H. The normalized spacial score (nSPS) is 19.3. The Balaban J connectivity index is 0.00000432. The van der Waals surface area contributed by atoms with Gasteiger partial charge in [0, 0.05) is 19.6 Å². The van der Waals surface area contributed by atoms with Crippen molar-refractivity contribution in [1.29, 1.82) is 0 Å². The fourth-order valence-electron chi connectivity index (χ4n) is 4.55. The summed E-state index contributed by atoms with van der Waals surface area (Å²) in [4.78, 5) is 38.6. The summed E-state index contributed by atoms with van der Waals surface area (Å²) in [7, 11) is 0. The molecule has 3 rings (SSSR count). The van der Waals surface area contributed by atoms with Gasteiger partial charge in [-0.2, -0.15) is 5.06 Å². The molecular formula is C26H40ClN3O5. The van der Waals surface area contributed by atoms with Crippen LogP contribution in [0.1, 0.15) is 47.0 Å². The summed E-state index contributed by atoms with van der Waals surface area (Å²) >= 11 is 0. The van der Waals surface area contributed by atoms with E-state index in [4.69, 9.17) is 14.4 Å². The molecule has 8 nitrogen and oxygen atoms in total. The Morgan fingerprint density at radius 1 is 0.943 bits per heavy atom. The van der Waals surface area contributed by atoms with E-state index in [0.29, 0.717) is 58.7 Å². The van der Waals surface area contributed by atoms with Crippen molar-refractivity contribution >= 4 is 29.9 Å². The van der Waals surface area contributed by atoms with Crippen molar-refractivity contribution in [3.05, 3.63) is 36.4 Å². The monoisotopic (exact) mass is 509 g/mol. The number of anilines is 1. The van der Waals surface area contributed by atoms with Gasteiger partial charge in [0.15, 0.2) is 0 Å². The second-order valence-corrected chi connectivity index (χ2v) is 8.84. The molecule has 0 saturated carbocycles. The second-order valence-electron chi connectivity index (χ2n) is 8.84. The molecule has 35 heavy (non-hydrogen) atoms. The number of hydrogen-bond donors (Lipinski definition) is 0. The van der Waals surface area contributed by atoms with Crippen LogP contribution in [-0.4, -0.2) is 67.3 Å². The maximum Gasteiger partial charge on any atom is 0.233 e. The van der Waals surface area contributed by atoms with Crippen molar-refractivity contribution in [2.45, 2.75) is 53.1 Å². The molecule has 0 aromatic heterocycles. The minimum absolute atomic E-state index is 0. The SMILES string of the molecule is CCON(CCCN1C(=O)C2CC=CCC2C1=O)CCN(OCC)c1ccccc1OC(C)C.Cl. The van der Waals surface area contributed by atoms with Crippen molar-refractivity contribution in [2.75, 3.05) is 44.5 Å². The van der Waals surface area contributed by atoms with Gasteiger partial charge >= 0.3 is 0 Å². The molecule has 1 aliphatic carbocycles. The first-order valence-corrected chi connectivity index (χ1v) is 12.5. The number of carbonyl (C=O) groups is 2. The lowest BCUT2D eigenvalue weighted by Crippen LogP contribution is -2.38. The van der Waals surface area contributed by atoms with E-state index in [1.165, 1.54) is 4.90 Å². The molecule has 1 aliphatic heterocycles. The molecule has 1 heterocycles. The van der Waals surface area contributed by atoms with Crippen LogP contribution in [-0.2, 0) is 19.3 Å². The zero-order chi connectivity index (χ0) is 24.5. The van der Waals surface area contributed by atoms with Crippen LogP contribution in [0.2, 0.25) is 0 Å². The van der Waals surface area contributed by atoms with Gasteiger partial charge in [-0.15, -0.1) is 12.4 Å². The highest BCUT2D eigenvalue weighted by Gasteiger charge is 2.46. The second kappa shape index (κ2) is 14.4. The Morgan fingerprint density at radius 2 is 1.57 bits per heavy atom. The number of fused-ring (bicyclic) bond motifs is 1. The third kappa shape index (κ3) is 7.67. The fourth-order valence-corrected chi connectivity index (χ4v) is 4.55. The molecule has 1 fully saturated rings. The number of likely N-dealkylation sites (tertiary alicyclic amines) is 1. The lowest BCUT2D eigenvalue weighted by atomic mass is 9.85. The van der Waals surface area contributed by atoms with Crippen molar-refractivity contribution in [3.63, 3.8) is 0 Å². The molecule has 1 saturated heterocycles. The van der Waals surface area contributed by atoms with Crippen LogP contribution in [0.4, 0.5) is 5.69 Å². The van der Waals surface area contributed by atoms with Gasteiger partial charge in [0.05, 0.1) is 37.7 Å². The highest BCUT2D eigenvalue weighted by atomic mass is 35.5. The van der Waals surface area contributed by atoms with Gasteiger partial charge in [0.1, 0.15) is 11.4 Å². The lowest BCUT2D eigenvalue weighted by molar-refractivity contribution is -0.157. The highest BCUT2D eigenvalue weighted by Crippen LogP contribution is 2.35. The molecule has 2 amide bonds. The van der Waals surface area contributed by atoms with Crippen LogP contribution in [0.3, 0.4) is 0 Å². The molecule has 0 radical (unpaired) electrons. The first kappa shape index (κ1) is 29.1. The zero-order valence-electron chi connectivity index (χ0n) is 21.4. The number of nitrogens with zero attached hydrogens (tertiary/aromatic N) is 3. The molecule has 2 atom stereocenters. The summed E-state index contributed by atoms with van der Waals surface area (Å²) in [6.45, 7) is 11.2. The van der Waals surface area contributed by atoms with Crippen LogP contribution in [0.5, 0.6) is 5.75 Å². The molecule has 1 aromatic rings. The summed E-state index contributed by atoms with van der Waals surface area (Å²) < 4.78 is 5.97. The Bertz CT molecular complexity index is 824. The highest BCUT2D eigenvalue weighted by molar-refractivity contribution is 6.05. The largest absolute Gasteiger partial charge is 0.489 e. The van der Waals surface area contributed by atoms with Gasteiger partial charge < -0.3 is 4.74 Å². The maximum absolute atomic E-state index is 12.7. The summed E-state index contributed by atoms with van der Waals surface area (Å²) in [6, 6.07) is 7.84. The van der Waals surface area contributed by atoms with Crippen LogP contribution in [0.15, 0.2) is 36.4 Å². The maximum atomic E-state index is 12.7. The summed E-state index contributed by atoms with van der Waals surface area (Å²) in [5, 5.41) is 3.73. The van der Waals surface area contributed by atoms with Crippen LogP contribution < -0.4 is 9.80 Å². The Labute approximate surface area is 215 Å². The number of para-hydroxylation sites is 2. The van der Waals surface area contributed by atoms with Crippen molar-refractivity contribution in [3.8, 4) is 5.75 Å². The number of ether oxygens (including phenoxy) is 1. The van der Waals surface area contributed by atoms with Crippen LogP contribution in [0.25, 0.3) is 0 Å². The number of amides is 2. The van der Waals surface area contributed by atoms with E-state index in [0.717, 1.165) is 11.4 Å². The third-order valence-electron chi connectivity index (χ3n) is 6.03. The summed E-state index contributed by atoms with van der Waals surface area (Å²) in [5.74, 6) is 0.385. The minimum atomic E-state index is -0.173. The van der Waals surface area contributed by atoms with Gasteiger partial charge in [-0.1, -0.05) is 24.3 Å². The number of halogens is 1. The molecule has 196 valence electrons. The van der Waals surface area contributed by atoms with E-state index in [1.54, 1.807) is 0 Å². The number of hydrogen-bond acceptors (Lipinski definition) is 7. The van der Waals surface area contributed by atoms with E-state index < -0.39 is 0 Å². The fraction of sp³-hybridized carbons (Fsp3) is 0.615. The average molecular weight is 510 g/mol. The van der Waals surface area contributed by atoms with Gasteiger partial charge in [-0.05, 0) is 59.1 Å². The molecule has 0 spiro atoms. The van der Waals surface area contributed by atoms with Gasteiger partial charge in [-0.3, -0.25) is 24.2 Å². The molecule has 2 unspecified atom stereocenters. The van der Waals surface area contributed by atoms with E-state index in [-0.39, 0.29) is 42.2 Å². The van der Waals surface area contributed by atoms with E-state index >= 15 is 0 Å². The van der Waals surface area contributed by atoms with Crippen LogP contribution >= 0.6 is 12.4 Å². The van der Waals surface area contributed by atoms with Crippen LogP contribution in [0, 0.1) is 11.8 Å². The van der Waals surface area contributed by atoms with E-state index in [2.05, 4.69) is 0 Å². The molecule has 0 bridgehead atoms. The molecule has 1 aromatic carbocycles. The Hall–Kier alpha value is -2.13. The van der Waals surface area contributed by atoms with Gasteiger partial charge in [0.2, 0.25) is 11.8 Å². The zero-order valence-corrected chi connectivity index (χ0v) is 22.2. The van der Waals surface area contributed by atoms with Crippen molar-refractivity contribution < 1.29 is 24.0 Å². The number of imide groups is 1. The van der Waals surface area contributed by atoms with Crippen molar-refractivity contribution in [2.24, 2.45) is 11.8 Å². The van der Waals surface area contributed by atoms with Gasteiger partial charge in [0.25, 0.3) is 0 Å². The topological polar surface area (TPSA) is 71.6 Å². The average Bonchev–Trinajstić information content (AvgIpc) is 3.06. The predicted octanol–water partition coefficient (Wildman–Crippen LogP) is 4.25. The summed E-state index contributed by atoms with van der Waals surface area (Å²) in [6.07, 6.45) is 6.09. The third-order valence-corrected chi connectivity index (χ3v) is 6.03. The number of carbonyl (C=O) groups excluding carboxylic acids is 2. The lowest BCUT2D eigenvalue weighted by Gasteiger charge is -2.29. The Kier molecular flexibility index (Phi) is 12.0. The van der Waals surface area contributed by atoms with Gasteiger partial charge in [-0.25, -0.2) is 5.06 Å². The molecule has 9 heteroatoms. The first-order valence-electron chi connectivity index (χ1n) is 12.5. The van der Waals surface area contributed by atoms with E-state index in [1.807, 2.05) is 74.2 Å². The first-order chi connectivity index (χ1) is 16.5. The molecular weight excluding hydrogens is 470 g/mol. The molecule has 2 aliphatic rings. The summed E-state index contributed by atoms with van der Waals surface area (Å²) in [5.41, 5.74) is 0.874. The number of allylic oxidation sites excluding steroid dienone is 2. The number of benzene rings is 1. The predicted molar refractivity (Wildman–Crippen MR) is 138 cm³/mol. The smallest absolute Gasteiger partial charge is 0.233 e. The number of rotatable bonds is 14. The van der Waals surface area contributed by atoms with E-state index in [9.17, 15) is 9.59 Å². The van der Waals surface area contributed by atoms with Crippen molar-refractivity contribution in [1.82, 2.24) is 9.96 Å². The quantitative estimate of drug-likeness (QED) is 0.211. The Morgan fingerprint density at radius 3 is 2.17 bits per heavy atom. The minimum Gasteiger partial charge on any atom is -0.489 e. The molecule has 0 N–H and O–H groups in total. The number of hydroxylamine groups is 3.